The van der Waals surface area contributed by atoms with Crippen LogP contribution in [0.1, 0.15) is 65.9 Å². The first-order valence-corrected chi connectivity index (χ1v) is 18.2. The zero-order valence-electron chi connectivity index (χ0n) is 30.6. The van der Waals surface area contributed by atoms with E-state index in [-0.39, 0.29) is 30.3 Å². The molecule has 0 spiro atoms. The second-order valence-electron chi connectivity index (χ2n) is 14.4. The fourth-order valence-electron chi connectivity index (χ4n) is 6.83. The van der Waals surface area contributed by atoms with Crippen molar-refractivity contribution in [1.29, 1.82) is 0 Å². The van der Waals surface area contributed by atoms with Crippen molar-refractivity contribution in [3.8, 4) is 0 Å². The lowest BCUT2D eigenvalue weighted by molar-refractivity contribution is -0.151. The molecule has 0 radical (unpaired) electrons. The van der Waals surface area contributed by atoms with Gasteiger partial charge < -0.3 is 39.3 Å². The van der Waals surface area contributed by atoms with E-state index in [0.29, 0.717) is 75.4 Å². The molecule has 2 fully saturated rings. The maximum absolute atomic E-state index is 15.0. The fourth-order valence-corrected chi connectivity index (χ4v) is 6.83. The predicted octanol–water partition coefficient (Wildman–Crippen LogP) is 4.32. The highest BCUT2D eigenvalue weighted by atomic mass is 19.1. The summed E-state index contributed by atoms with van der Waals surface area (Å²) in [5.41, 5.74) is 1.97. The van der Waals surface area contributed by atoms with Gasteiger partial charge in [-0.2, -0.15) is 0 Å². The Hall–Kier alpha value is -3.48. The quantitative estimate of drug-likeness (QED) is 0.316. The highest BCUT2D eigenvalue weighted by Gasteiger charge is 2.31. The molecule has 2 saturated heterocycles. The van der Waals surface area contributed by atoms with Crippen LogP contribution in [0.15, 0.2) is 35.9 Å². The molecule has 0 saturated carbocycles. The Morgan fingerprint density at radius 2 is 1.68 bits per heavy atom. The van der Waals surface area contributed by atoms with Gasteiger partial charge in [0.1, 0.15) is 18.0 Å². The lowest BCUT2D eigenvalue weighted by Gasteiger charge is -2.37. The van der Waals surface area contributed by atoms with Gasteiger partial charge in [0.2, 0.25) is 5.91 Å². The summed E-state index contributed by atoms with van der Waals surface area (Å²) < 4.78 is 27.0. The predicted molar refractivity (Wildman–Crippen MR) is 191 cm³/mol. The summed E-state index contributed by atoms with van der Waals surface area (Å²) in [7, 11) is 2.02. The molecule has 12 heteroatoms. The van der Waals surface area contributed by atoms with Crippen molar-refractivity contribution in [1.82, 2.24) is 14.7 Å². The number of ether oxygens (including phenoxy) is 2. The normalized spacial score (nSPS) is 28.2. The SMILES string of the molecule is CC[C@@H](O)[C@@H](C)C(=O)N1CCN(c2cc(F)cc(/C=C(\C)[C@H]3OC(=O)C[C@@H](O)CC[C@@H](C)[C@@H](OC(=O)N4CCN(C)CC4)/C=C/[C@@H]3C)c2)CC1. The molecule has 278 valence electrons. The molecule has 3 aliphatic rings. The Labute approximate surface area is 296 Å². The summed E-state index contributed by atoms with van der Waals surface area (Å²) in [5.74, 6) is -1.89. The number of piperazine rings is 2. The van der Waals surface area contributed by atoms with Crippen LogP contribution in [0.2, 0.25) is 0 Å². The molecular formula is C38H57FN4O7. The lowest BCUT2D eigenvalue weighted by Crippen LogP contribution is -2.51. The number of cyclic esters (lactones) is 1. The van der Waals surface area contributed by atoms with Crippen LogP contribution in [0, 0.1) is 23.6 Å². The number of halogens is 1. The first kappa shape index (κ1) is 39.3. The Kier molecular flexibility index (Phi) is 14.3. The summed E-state index contributed by atoms with van der Waals surface area (Å²) in [6, 6.07) is 4.78. The third kappa shape index (κ3) is 10.8. The molecule has 1 aromatic carbocycles. The Morgan fingerprint density at radius 3 is 2.34 bits per heavy atom. The monoisotopic (exact) mass is 700 g/mol. The van der Waals surface area contributed by atoms with Crippen molar-refractivity contribution in [3.63, 3.8) is 0 Å². The van der Waals surface area contributed by atoms with E-state index in [1.165, 1.54) is 12.1 Å². The summed E-state index contributed by atoms with van der Waals surface area (Å²) >= 11 is 0. The highest BCUT2D eigenvalue weighted by Crippen LogP contribution is 2.28. The van der Waals surface area contributed by atoms with Crippen molar-refractivity contribution in [2.24, 2.45) is 17.8 Å². The molecule has 11 nitrogen and oxygen atoms in total. The van der Waals surface area contributed by atoms with Crippen molar-refractivity contribution >= 4 is 29.7 Å². The number of benzene rings is 1. The zero-order valence-corrected chi connectivity index (χ0v) is 30.6. The molecule has 0 unspecified atom stereocenters. The third-order valence-electron chi connectivity index (χ3n) is 10.3. The molecular weight excluding hydrogens is 643 g/mol. The van der Waals surface area contributed by atoms with Crippen LogP contribution < -0.4 is 4.90 Å². The molecule has 7 atom stereocenters. The minimum Gasteiger partial charge on any atom is -0.457 e. The highest BCUT2D eigenvalue weighted by molar-refractivity contribution is 5.79. The summed E-state index contributed by atoms with van der Waals surface area (Å²) in [4.78, 5) is 46.6. The number of nitrogens with zero attached hydrogens (tertiary/aromatic N) is 4. The van der Waals surface area contributed by atoms with Crippen LogP contribution in [0.3, 0.4) is 0 Å². The molecule has 0 aliphatic carbocycles. The zero-order chi connectivity index (χ0) is 36.5. The van der Waals surface area contributed by atoms with Gasteiger partial charge in [-0.15, -0.1) is 0 Å². The number of amides is 2. The van der Waals surface area contributed by atoms with Gasteiger partial charge in [-0.25, -0.2) is 9.18 Å². The molecule has 1 aromatic rings. The van der Waals surface area contributed by atoms with Crippen LogP contribution in [0.4, 0.5) is 14.9 Å². The number of hydrogen-bond donors (Lipinski definition) is 2. The van der Waals surface area contributed by atoms with E-state index in [4.69, 9.17) is 9.47 Å². The van der Waals surface area contributed by atoms with Crippen molar-refractivity contribution < 1.29 is 38.5 Å². The first-order chi connectivity index (χ1) is 23.7. The van der Waals surface area contributed by atoms with E-state index in [1.54, 1.807) is 22.8 Å². The first-order valence-electron chi connectivity index (χ1n) is 18.2. The van der Waals surface area contributed by atoms with Crippen LogP contribution in [-0.2, 0) is 19.1 Å². The molecule has 50 heavy (non-hydrogen) atoms. The molecule has 3 heterocycles. The Bertz CT molecular complexity index is 1370. The van der Waals surface area contributed by atoms with Crippen LogP contribution in [0.5, 0.6) is 0 Å². The number of carbonyl (C=O) groups is 3. The molecule has 4 rings (SSSR count). The fraction of sp³-hybridized carbons (Fsp3) is 0.658. The lowest BCUT2D eigenvalue weighted by atomic mass is 9.91. The number of anilines is 1. The maximum atomic E-state index is 15.0. The van der Waals surface area contributed by atoms with E-state index in [9.17, 15) is 24.6 Å². The number of carbonyl (C=O) groups excluding carboxylic acids is 3. The maximum Gasteiger partial charge on any atom is 0.410 e. The van der Waals surface area contributed by atoms with E-state index >= 15 is 4.39 Å². The van der Waals surface area contributed by atoms with E-state index in [2.05, 4.69) is 4.90 Å². The average Bonchev–Trinajstić information content (AvgIpc) is 3.09. The van der Waals surface area contributed by atoms with E-state index in [0.717, 1.165) is 13.1 Å². The minimum atomic E-state index is -0.899. The van der Waals surface area contributed by atoms with Gasteiger partial charge >= 0.3 is 12.1 Å². The van der Waals surface area contributed by atoms with Gasteiger partial charge in [0.25, 0.3) is 0 Å². The number of hydrogen-bond acceptors (Lipinski definition) is 9. The largest absolute Gasteiger partial charge is 0.457 e. The van der Waals surface area contributed by atoms with Crippen molar-refractivity contribution in [2.45, 2.75) is 84.7 Å². The molecule has 3 aliphatic heterocycles. The van der Waals surface area contributed by atoms with Gasteiger partial charge in [0.15, 0.2) is 0 Å². The van der Waals surface area contributed by atoms with Gasteiger partial charge in [-0.1, -0.05) is 39.8 Å². The molecule has 0 aromatic heterocycles. The number of likely N-dealkylation sites (N-methyl/N-ethyl adjacent to an activating group) is 1. The van der Waals surface area contributed by atoms with Gasteiger partial charge in [-0.3, -0.25) is 9.59 Å². The van der Waals surface area contributed by atoms with E-state index in [1.807, 2.05) is 57.9 Å². The van der Waals surface area contributed by atoms with Gasteiger partial charge in [0.05, 0.1) is 24.5 Å². The van der Waals surface area contributed by atoms with Crippen molar-refractivity contribution in [3.05, 3.63) is 47.3 Å². The summed E-state index contributed by atoms with van der Waals surface area (Å²) in [5, 5.41) is 20.8. The van der Waals surface area contributed by atoms with Gasteiger partial charge in [0, 0.05) is 64.0 Å². The van der Waals surface area contributed by atoms with Crippen LogP contribution in [-0.4, -0.2) is 127 Å². The second kappa shape index (κ2) is 18.1. The van der Waals surface area contributed by atoms with Crippen molar-refractivity contribution in [2.75, 3.05) is 64.3 Å². The smallest absolute Gasteiger partial charge is 0.410 e. The Balaban J connectivity index is 1.51. The Morgan fingerprint density at radius 1 is 1.02 bits per heavy atom. The molecule has 0 bridgehead atoms. The summed E-state index contributed by atoms with van der Waals surface area (Å²) in [6.45, 7) is 14.1. The third-order valence-corrected chi connectivity index (χ3v) is 10.3. The topological polar surface area (TPSA) is 123 Å². The number of rotatable bonds is 7. The minimum absolute atomic E-state index is 0.0753. The van der Waals surface area contributed by atoms with Crippen LogP contribution >= 0.6 is 0 Å². The number of aliphatic hydroxyl groups is 2. The number of aliphatic hydroxyl groups excluding tert-OH is 2. The van der Waals surface area contributed by atoms with Crippen LogP contribution in [0.25, 0.3) is 6.08 Å². The molecule has 2 amide bonds. The van der Waals surface area contributed by atoms with Gasteiger partial charge in [-0.05, 0) is 74.6 Å². The molecule has 2 N–H and O–H groups in total. The number of esters is 1. The summed E-state index contributed by atoms with van der Waals surface area (Å²) in [6.07, 6.45) is 3.65. The second-order valence-corrected chi connectivity index (χ2v) is 14.4. The van der Waals surface area contributed by atoms with E-state index < -0.39 is 42.1 Å². The standard InChI is InChI=1S/C38H57FN4O7/c1-7-33(45)28(5)37(47)42-18-16-41(17-19-42)31-22-29(21-30(39)23-31)20-27(4)36-26(3)9-11-34(25(2)8-10-32(44)24-35(46)50-36)49-38(48)43-14-12-40(6)13-15-43/h9,11,20-23,25-26,28,32-34,36,44-45H,7-8,10,12-19,24H2,1-6H3/b11-9+,27-20+/t25-,26+,28-,32+,33-,34+,36+/m1/s1. The average molecular weight is 701 g/mol.